The van der Waals surface area contributed by atoms with Crippen molar-refractivity contribution in [2.75, 3.05) is 11.9 Å². The summed E-state index contributed by atoms with van der Waals surface area (Å²) in [4.78, 5) is 17.5. The first kappa shape index (κ1) is 17.9. The number of carbonyl (C=O) groups excluding carboxylic acids is 1. The van der Waals surface area contributed by atoms with Crippen molar-refractivity contribution >= 4 is 34.8 Å². The number of aromatic nitrogens is 1. The predicted molar refractivity (Wildman–Crippen MR) is 103 cm³/mol. The Hall–Kier alpha value is -2.45. The Bertz CT molecular complexity index is 991. The van der Waals surface area contributed by atoms with Gasteiger partial charge in [-0.15, -0.1) is 11.3 Å². The van der Waals surface area contributed by atoms with Gasteiger partial charge in [0.05, 0.1) is 12.3 Å². The minimum atomic E-state index is -2.57. The van der Waals surface area contributed by atoms with E-state index in [-0.39, 0.29) is 9.77 Å². The highest BCUT2D eigenvalue weighted by Crippen LogP contribution is 2.33. The molecule has 0 fully saturated rings. The smallest absolute Gasteiger partial charge is 0.288 e. The molecule has 1 aliphatic rings. The van der Waals surface area contributed by atoms with Crippen LogP contribution >= 0.6 is 23.1 Å². The van der Waals surface area contributed by atoms with Gasteiger partial charge in [-0.2, -0.15) is 8.78 Å². The van der Waals surface area contributed by atoms with Crippen LogP contribution in [0, 0.1) is 0 Å². The quantitative estimate of drug-likeness (QED) is 0.586. The van der Waals surface area contributed by atoms with Crippen LogP contribution in [0.5, 0.6) is 5.75 Å². The van der Waals surface area contributed by atoms with E-state index in [4.69, 9.17) is 4.74 Å². The molecule has 0 saturated carbocycles. The molecule has 2 aromatic heterocycles. The third kappa shape index (κ3) is 3.96. The van der Waals surface area contributed by atoms with Crippen molar-refractivity contribution in [3.8, 4) is 17.0 Å². The van der Waals surface area contributed by atoms with Crippen LogP contribution < -0.4 is 10.1 Å². The Labute approximate surface area is 162 Å². The highest BCUT2D eigenvalue weighted by Gasteiger charge is 2.18. The van der Waals surface area contributed by atoms with E-state index < -0.39 is 11.7 Å². The number of anilines is 1. The van der Waals surface area contributed by atoms with E-state index in [9.17, 15) is 13.6 Å². The lowest BCUT2D eigenvalue weighted by Gasteiger charge is -2.08. The molecule has 0 bridgehead atoms. The van der Waals surface area contributed by atoms with Gasteiger partial charge in [0.15, 0.2) is 0 Å². The molecular formula is C19H14F2N2O2S2. The van der Waals surface area contributed by atoms with E-state index in [0.717, 1.165) is 40.3 Å². The zero-order valence-electron chi connectivity index (χ0n) is 13.9. The Kier molecular flexibility index (Phi) is 5.09. The highest BCUT2D eigenvalue weighted by atomic mass is 32.2. The SMILES string of the molecule is O=C(Nc1cccc(-c2ccc3c(c2)CCO3)n1)c1sccc1SC(F)F. The first-order valence-electron chi connectivity index (χ1n) is 8.17. The lowest BCUT2D eigenvalue weighted by atomic mass is 10.1. The number of nitrogens with zero attached hydrogens (tertiary/aromatic N) is 1. The number of rotatable bonds is 5. The van der Waals surface area contributed by atoms with Gasteiger partial charge >= 0.3 is 0 Å². The standard InChI is InChI=1S/C19H14F2N2O2S2/c20-19(21)27-15-7-9-26-17(15)18(24)23-16-3-1-2-13(22-16)11-4-5-14-12(10-11)6-8-25-14/h1-5,7,9-10,19H,6,8H2,(H,22,23,24). The molecule has 0 spiro atoms. The third-order valence-corrected chi connectivity index (χ3v) is 5.84. The zero-order chi connectivity index (χ0) is 18.8. The first-order chi connectivity index (χ1) is 13.1. The summed E-state index contributed by atoms with van der Waals surface area (Å²) in [5.41, 5.74) is 2.78. The van der Waals surface area contributed by atoms with E-state index in [1.54, 1.807) is 17.5 Å². The molecule has 27 heavy (non-hydrogen) atoms. The van der Waals surface area contributed by atoms with Crippen molar-refractivity contribution in [1.29, 1.82) is 0 Å². The summed E-state index contributed by atoms with van der Waals surface area (Å²) in [5, 5.41) is 4.32. The topological polar surface area (TPSA) is 51.2 Å². The number of benzene rings is 1. The lowest BCUT2D eigenvalue weighted by Crippen LogP contribution is -2.12. The van der Waals surface area contributed by atoms with Crippen LogP contribution in [0.2, 0.25) is 0 Å². The Morgan fingerprint density at radius 3 is 3.00 bits per heavy atom. The van der Waals surface area contributed by atoms with Gasteiger partial charge < -0.3 is 10.1 Å². The van der Waals surface area contributed by atoms with Crippen LogP contribution in [0.4, 0.5) is 14.6 Å². The van der Waals surface area contributed by atoms with Crippen LogP contribution in [0.3, 0.4) is 0 Å². The van der Waals surface area contributed by atoms with Crippen LogP contribution in [0.25, 0.3) is 11.3 Å². The summed E-state index contributed by atoms with van der Waals surface area (Å²) >= 11 is 1.49. The first-order valence-corrected chi connectivity index (χ1v) is 9.93. The maximum absolute atomic E-state index is 12.6. The number of nitrogens with one attached hydrogen (secondary N) is 1. The average Bonchev–Trinajstić information content (AvgIpc) is 3.29. The summed E-state index contributed by atoms with van der Waals surface area (Å²) in [5.74, 6) is -1.75. The molecule has 0 aliphatic carbocycles. The lowest BCUT2D eigenvalue weighted by molar-refractivity contribution is 0.102. The monoisotopic (exact) mass is 404 g/mol. The number of thioether (sulfide) groups is 1. The number of alkyl halides is 2. The molecule has 0 atom stereocenters. The van der Waals surface area contributed by atoms with Crippen molar-refractivity contribution < 1.29 is 18.3 Å². The second kappa shape index (κ2) is 7.66. The molecule has 1 aliphatic heterocycles. The minimum Gasteiger partial charge on any atom is -0.493 e. The molecular weight excluding hydrogens is 390 g/mol. The van der Waals surface area contributed by atoms with Crippen molar-refractivity contribution in [3.05, 3.63) is 58.3 Å². The normalized spacial score (nSPS) is 12.7. The number of fused-ring (bicyclic) bond motifs is 1. The molecule has 8 heteroatoms. The van der Waals surface area contributed by atoms with Crippen LogP contribution in [-0.4, -0.2) is 23.3 Å². The Morgan fingerprint density at radius 2 is 2.15 bits per heavy atom. The second-order valence-corrected chi connectivity index (χ2v) is 7.72. The molecule has 0 radical (unpaired) electrons. The van der Waals surface area contributed by atoms with Gasteiger partial charge in [-0.05, 0) is 47.3 Å². The molecule has 1 amide bonds. The van der Waals surface area contributed by atoms with Gasteiger partial charge in [0.1, 0.15) is 16.4 Å². The number of pyridine rings is 1. The van der Waals surface area contributed by atoms with E-state index in [1.807, 2.05) is 24.3 Å². The molecule has 4 nitrogen and oxygen atoms in total. The largest absolute Gasteiger partial charge is 0.493 e. The molecule has 0 saturated heterocycles. The Morgan fingerprint density at radius 1 is 1.26 bits per heavy atom. The van der Waals surface area contributed by atoms with E-state index >= 15 is 0 Å². The number of carbonyl (C=O) groups is 1. The molecule has 1 aromatic carbocycles. The summed E-state index contributed by atoms with van der Waals surface area (Å²) in [7, 11) is 0. The van der Waals surface area contributed by atoms with E-state index in [1.165, 1.54) is 6.07 Å². The van der Waals surface area contributed by atoms with E-state index in [2.05, 4.69) is 10.3 Å². The predicted octanol–water partition coefficient (Wildman–Crippen LogP) is 5.31. The average molecular weight is 404 g/mol. The zero-order valence-corrected chi connectivity index (χ0v) is 15.6. The van der Waals surface area contributed by atoms with Gasteiger partial charge in [0.25, 0.3) is 11.7 Å². The fourth-order valence-corrected chi connectivity index (χ4v) is 4.43. The van der Waals surface area contributed by atoms with Crippen molar-refractivity contribution in [1.82, 2.24) is 4.98 Å². The molecule has 1 N–H and O–H groups in total. The summed E-state index contributed by atoms with van der Waals surface area (Å²) in [6.45, 7) is 0.683. The molecule has 3 heterocycles. The summed E-state index contributed by atoms with van der Waals surface area (Å²) in [6, 6.07) is 12.7. The fraction of sp³-hybridized carbons (Fsp3) is 0.158. The van der Waals surface area contributed by atoms with E-state index in [0.29, 0.717) is 24.2 Å². The Balaban J connectivity index is 1.55. The number of thiophene rings is 1. The van der Waals surface area contributed by atoms with Gasteiger partial charge in [-0.25, -0.2) is 4.98 Å². The fourth-order valence-electron chi connectivity index (χ4n) is 2.84. The number of ether oxygens (including phenoxy) is 1. The van der Waals surface area contributed by atoms with Gasteiger partial charge in [-0.1, -0.05) is 17.8 Å². The summed E-state index contributed by atoms with van der Waals surface area (Å²) in [6.07, 6.45) is 0.864. The van der Waals surface area contributed by atoms with Gasteiger partial charge in [0.2, 0.25) is 0 Å². The summed E-state index contributed by atoms with van der Waals surface area (Å²) < 4.78 is 30.8. The van der Waals surface area contributed by atoms with Crippen LogP contribution in [-0.2, 0) is 6.42 Å². The van der Waals surface area contributed by atoms with Crippen LogP contribution in [0.1, 0.15) is 15.2 Å². The molecule has 138 valence electrons. The maximum atomic E-state index is 12.6. The number of hydrogen-bond donors (Lipinski definition) is 1. The molecule has 3 aromatic rings. The van der Waals surface area contributed by atoms with Crippen LogP contribution in [0.15, 0.2) is 52.7 Å². The number of halogens is 2. The minimum absolute atomic E-state index is 0.252. The highest BCUT2D eigenvalue weighted by molar-refractivity contribution is 7.99. The van der Waals surface area contributed by atoms with Crippen molar-refractivity contribution in [2.24, 2.45) is 0 Å². The number of hydrogen-bond acceptors (Lipinski definition) is 5. The van der Waals surface area contributed by atoms with Gasteiger partial charge in [0, 0.05) is 16.9 Å². The van der Waals surface area contributed by atoms with Crippen molar-refractivity contribution in [3.63, 3.8) is 0 Å². The molecule has 4 rings (SSSR count). The second-order valence-electron chi connectivity index (χ2n) is 5.78. The third-order valence-electron chi connectivity index (χ3n) is 4.03. The maximum Gasteiger partial charge on any atom is 0.288 e. The molecule has 0 unspecified atom stereocenters. The van der Waals surface area contributed by atoms with Gasteiger partial charge in [-0.3, -0.25) is 4.79 Å². The van der Waals surface area contributed by atoms with Crippen molar-refractivity contribution in [2.45, 2.75) is 17.1 Å². The number of amides is 1.